The Labute approximate surface area is 124 Å². The monoisotopic (exact) mass is 271 g/mol. The van der Waals surface area contributed by atoms with Gasteiger partial charge in [-0.3, -0.25) is 0 Å². The third-order valence-electron chi connectivity index (χ3n) is 5.82. The van der Waals surface area contributed by atoms with E-state index >= 15 is 0 Å². The molecule has 3 rings (SSSR count). The van der Waals surface area contributed by atoms with Gasteiger partial charge in [-0.25, -0.2) is 0 Å². The molecule has 2 unspecified atom stereocenters. The Balaban J connectivity index is 1.86. The summed E-state index contributed by atoms with van der Waals surface area (Å²) in [7, 11) is 0. The highest BCUT2D eigenvalue weighted by molar-refractivity contribution is 5.25. The number of hydrogen-bond acceptors (Lipinski definition) is 1. The fourth-order valence-electron chi connectivity index (χ4n) is 4.69. The van der Waals surface area contributed by atoms with Crippen LogP contribution in [0.5, 0.6) is 0 Å². The molecule has 0 aliphatic heterocycles. The average Bonchev–Trinajstić information content (AvgIpc) is 2.78. The van der Waals surface area contributed by atoms with Crippen LogP contribution in [-0.2, 0) is 0 Å². The topological polar surface area (TPSA) is 26.0 Å². The third kappa shape index (κ3) is 2.79. The van der Waals surface area contributed by atoms with E-state index in [4.69, 9.17) is 5.73 Å². The lowest BCUT2D eigenvalue weighted by Gasteiger charge is -2.47. The smallest absolute Gasteiger partial charge is 0.0252 e. The molecule has 2 aliphatic carbocycles. The van der Waals surface area contributed by atoms with Gasteiger partial charge in [0.15, 0.2) is 0 Å². The van der Waals surface area contributed by atoms with Crippen molar-refractivity contribution in [2.45, 2.75) is 75.7 Å². The highest BCUT2D eigenvalue weighted by Crippen LogP contribution is 2.47. The lowest BCUT2D eigenvalue weighted by atomic mass is 9.62. The molecule has 2 N–H and O–H groups in total. The summed E-state index contributed by atoms with van der Waals surface area (Å²) in [6.07, 6.45) is 13.6. The maximum absolute atomic E-state index is 7.08. The summed E-state index contributed by atoms with van der Waals surface area (Å²) < 4.78 is 0. The summed E-state index contributed by atoms with van der Waals surface area (Å²) in [5.74, 6) is 1.33. The van der Waals surface area contributed by atoms with Crippen LogP contribution >= 0.6 is 0 Å². The third-order valence-corrected chi connectivity index (χ3v) is 5.82. The van der Waals surface area contributed by atoms with Crippen molar-refractivity contribution < 1.29 is 0 Å². The van der Waals surface area contributed by atoms with Crippen LogP contribution in [0, 0.1) is 5.92 Å². The standard InChI is InChI=1S/C19H29N/c20-19(17-12-6-1-2-7-13-17)15-9-8-14-18(19)16-10-4-3-5-11-16/h3-5,10-11,17-18H,1-2,6-9,12-15,20H2. The van der Waals surface area contributed by atoms with E-state index in [1.807, 2.05) is 0 Å². The van der Waals surface area contributed by atoms with Gasteiger partial charge in [-0.15, -0.1) is 0 Å². The second-order valence-electron chi connectivity index (χ2n) is 7.01. The van der Waals surface area contributed by atoms with E-state index in [2.05, 4.69) is 30.3 Å². The molecule has 1 nitrogen and oxygen atoms in total. The van der Waals surface area contributed by atoms with Crippen LogP contribution < -0.4 is 5.73 Å². The number of benzene rings is 1. The van der Waals surface area contributed by atoms with Crippen molar-refractivity contribution in [1.29, 1.82) is 0 Å². The molecule has 0 bridgehead atoms. The van der Waals surface area contributed by atoms with Crippen molar-refractivity contribution in [3.05, 3.63) is 35.9 Å². The van der Waals surface area contributed by atoms with Crippen molar-refractivity contribution in [3.63, 3.8) is 0 Å². The molecular weight excluding hydrogens is 242 g/mol. The molecule has 0 saturated heterocycles. The molecule has 1 aromatic carbocycles. The minimum absolute atomic E-state index is 0.0595. The molecule has 1 aromatic rings. The maximum atomic E-state index is 7.08. The molecule has 2 aliphatic rings. The van der Waals surface area contributed by atoms with Gasteiger partial charge in [-0.2, -0.15) is 0 Å². The van der Waals surface area contributed by atoms with Gasteiger partial charge in [0, 0.05) is 11.5 Å². The Hall–Kier alpha value is -0.820. The zero-order valence-corrected chi connectivity index (χ0v) is 12.7. The molecule has 0 spiro atoms. The van der Waals surface area contributed by atoms with E-state index in [0.717, 1.165) is 5.92 Å². The molecular formula is C19H29N. The molecule has 20 heavy (non-hydrogen) atoms. The van der Waals surface area contributed by atoms with Gasteiger partial charge in [0.25, 0.3) is 0 Å². The van der Waals surface area contributed by atoms with Crippen molar-refractivity contribution in [2.24, 2.45) is 11.7 Å². The summed E-state index contributed by atoms with van der Waals surface area (Å²) in [5.41, 5.74) is 8.62. The van der Waals surface area contributed by atoms with E-state index < -0.39 is 0 Å². The van der Waals surface area contributed by atoms with Crippen LogP contribution in [0.25, 0.3) is 0 Å². The Bertz CT molecular complexity index is 405. The van der Waals surface area contributed by atoms with Gasteiger partial charge in [0.1, 0.15) is 0 Å². The predicted molar refractivity (Wildman–Crippen MR) is 85.8 cm³/mol. The summed E-state index contributed by atoms with van der Waals surface area (Å²) in [5, 5.41) is 0. The van der Waals surface area contributed by atoms with E-state index in [9.17, 15) is 0 Å². The fourth-order valence-corrected chi connectivity index (χ4v) is 4.69. The molecule has 2 saturated carbocycles. The minimum atomic E-state index is 0.0595. The zero-order chi connectivity index (χ0) is 13.8. The summed E-state index contributed by atoms with van der Waals surface area (Å²) >= 11 is 0. The van der Waals surface area contributed by atoms with Crippen molar-refractivity contribution in [2.75, 3.05) is 0 Å². The molecule has 0 radical (unpaired) electrons. The Kier molecular flexibility index (Phi) is 4.45. The van der Waals surface area contributed by atoms with Gasteiger partial charge < -0.3 is 5.73 Å². The first kappa shape index (κ1) is 14.1. The van der Waals surface area contributed by atoms with Gasteiger partial charge in [0.05, 0.1) is 0 Å². The molecule has 2 atom stereocenters. The van der Waals surface area contributed by atoms with Crippen LogP contribution in [0.1, 0.15) is 75.7 Å². The quantitative estimate of drug-likeness (QED) is 0.752. The number of nitrogens with two attached hydrogens (primary N) is 1. The van der Waals surface area contributed by atoms with Gasteiger partial charge in [-0.1, -0.05) is 68.9 Å². The Morgan fingerprint density at radius 3 is 2.15 bits per heavy atom. The maximum Gasteiger partial charge on any atom is 0.0252 e. The van der Waals surface area contributed by atoms with E-state index in [1.54, 1.807) is 0 Å². The normalized spacial score (nSPS) is 32.8. The first-order valence-electron chi connectivity index (χ1n) is 8.64. The number of rotatable bonds is 2. The van der Waals surface area contributed by atoms with E-state index in [0.29, 0.717) is 5.92 Å². The largest absolute Gasteiger partial charge is 0.324 e. The summed E-state index contributed by atoms with van der Waals surface area (Å²) in [6.45, 7) is 0. The van der Waals surface area contributed by atoms with E-state index in [-0.39, 0.29) is 5.54 Å². The van der Waals surface area contributed by atoms with Crippen molar-refractivity contribution in [1.82, 2.24) is 0 Å². The molecule has 2 fully saturated rings. The van der Waals surface area contributed by atoms with Gasteiger partial charge in [0.2, 0.25) is 0 Å². The lowest BCUT2D eigenvalue weighted by Crippen LogP contribution is -2.53. The van der Waals surface area contributed by atoms with Crippen LogP contribution in [0.2, 0.25) is 0 Å². The first-order valence-corrected chi connectivity index (χ1v) is 8.64. The van der Waals surface area contributed by atoms with Crippen LogP contribution in [0.3, 0.4) is 0 Å². The molecule has 110 valence electrons. The molecule has 1 heteroatoms. The van der Waals surface area contributed by atoms with Gasteiger partial charge in [-0.05, 0) is 37.2 Å². The molecule has 0 amide bonds. The number of hydrogen-bond donors (Lipinski definition) is 1. The Morgan fingerprint density at radius 2 is 1.45 bits per heavy atom. The molecule has 0 heterocycles. The first-order chi connectivity index (χ1) is 9.81. The summed E-state index contributed by atoms with van der Waals surface area (Å²) in [6, 6.07) is 11.1. The second kappa shape index (κ2) is 6.30. The molecule has 0 aromatic heterocycles. The van der Waals surface area contributed by atoms with Gasteiger partial charge >= 0.3 is 0 Å². The average molecular weight is 271 g/mol. The van der Waals surface area contributed by atoms with Crippen LogP contribution in [-0.4, -0.2) is 5.54 Å². The van der Waals surface area contributed by atoms with Crippen molar-refractivity contribution in [3.8, 4) is 0 Å². The SMILES string of the molecule is NC1(C2CCCCCC2)CCCCC1c1ccccc1. The zero-order valence-electron chi connectivity index (χ0n) is 12.7. The summed E-state index contributed by atoms with van der Waals surface area (Å²) in [4.78, 5) is 0. The van der Waals surface area contributed by atoms with Crippen molar-refractivity contribution >= 4 is 0 Å². The Morgan fingerprint density at radius 1 is 0.800 bits per heavy atom. The van der Waals surface area contributed by atoms with E-state index in [1.165, 1.54) is 69.8 Å². The fraction of sp³-hybridized carbons (Fsp3) is 0.684. The highest BCUT2D eigenvalue weighted by atomic mass is 14.8. The highest BCUT2D eigenvalue weighted by Gasteiger charge is 2.43. The minimum Gasteiger partial charge on any atom is -0.324 e. The predicted octanol–water partition coefficient (Wildman–Crippen LogP) is 5.01. The lowest BCUT2D eigenvalue weighted by molar-refractivity contribution is 0.148. The van der Waals surface area contributed by atoms with Crippen LogP contribution in [0.15, 0.2) is 30.3 Å². The second-order valence-corrected chi connectivity index (χ2v) is 7.01. The van der Waals surface area contributed by atoms with Crippen LogP contribution in [0.4, 0.5) is 0 Å².